The molecule has 2 aromatic heterocycles. The molecule has 2 heterocycles. The predicted molar refractivity (Wildman–Crippen MR) is 72.7 cm³/mol. The fourth-order valence-corrected chi connectivity index (χ4v) is 2.64. The third kappa shape index (κ3) is 2.39. The molecule has 0 atom stereocenters. The Hall–Kier alpha value is -1.40. The highest BCUT2D eigenvalue weighted by Gasteiger charge is 2.17. The molecule has 1 N–H and O–H groups in total. The Balaban J connectivity index is 2.35. The molecule has 2 rings (SSSR count). The second kappa shape index (κ2) is 5.97. The van der Waals surface area contributed by atoms with E-state index in [0.717, 1.165) is 30.6 Å². The standard InChI is InChI=1S/C12H17N3O2S/c1-2-3-4-14(5-7-16)11-10(9-17)15-6-8-18-12(15)13-11/h6,8-9,16H,2-5,7H2,1H3. The first kappa shape index (κ1) is 13.0. The van der Waals surface area contributed by atoms with Crippen molar-refractivity contribution >= 4 is 28.4 Å². The van der Waals surface area contributed by atoms with Gasteiger partial charge in [0.15, 0.2) is 17.1 Å². The fourth-order valence-electron chi connectivity index (χ4n) is 1.93. The molecule has 0 aliphatic carbocycles. The van der Waals surface area contributed by atoms with Gasteiger partial charge in [-0.1, -0.05) is 13.3 Å². The number of nitrogens with zero attached hydrogens (tertiary/aromatic N) is 3. The van der Waals surface area contributed by atoms with Gasteiger partial charge in [-0.25, -0.2) is 4.98 Å². The van der Waals surface area contributed by atoms with Crippen molar-refractivity contribution in [3.05, 3.63) is 17.3 Å². The number of anilines is 1. The van der Waals surface area contributed by atoms with Gasteiger partial charge in [-0.3, -0.25) is 9.20 Å². The van der Waals surface area contributed by atoms with E-state index in [-0.39, 0.29) is 6.61 Å². The number of hydrogen-bond donors (Lipinski definition) is 1. The van der Waals surface area contributed by atoms with Gasteiger partial charge in [0.2, 0.25) is 0 Å². The van der Waals surface area contributed by atoms with Crippen molar-refractivity contribution in [2.75, 3.05) is 24.6 Å². The first-order chi connectivity index (χ1) is 8.81. The average molecular weight is 267 g/mol. The van der Waals surface area contributed by atoms with Gasteiger partial charge in [0.25, 0.3) is 0 Å². The van der Waals surface area contributed by atoms with E-state index in [1.54, 1.807) is 4.40 Å². The number of thiazole rings is 1. The van der Waals surface area contributed by atoms with Gasteiger partial charge < -0.3 is 10.0 Å². The zero-order valence-corrected chi connectivity index (χ0v) is 11.2. The molecule has 0 amide bonds. The van der Waals surface area contributed by atoms with E-state index < -0.39 is 0 Å². The lowest BCUT2D eigenvalue weighted by atomic mass is 10.3. The minimum Gasteiger partial charge on any atom is -0.395 e. The number of carbonyl (C=O) groups excluding carboxylic acids is 1. The van der Waals surface area contributed by atoms with Gasteiger partial charge in [0, 0.05) is 24.7 Å². The molecule has 0 radical (unpaired) electrons. The molecule has 0 aliphatic rings. The SMILES string of the molecule is CCCCN(CCO)c1nc2sccn2c1C=O. The van der Waals surface area contributed by atoms with Crippen LogP contribution in [-0.4, -0.2) is 40.5 Å². The van der Waals surface area contributed by atoms with Crippen molar-refractivity contribution in [3.8, 4) is 0 Å². The summed E-state index contributed by atoms with van der Waals surface area (Å²) >= 11 is 1.50. The summed E-state index contributed by atoms with van der Waals surface area (Å²) in [6.45, 7) is 3.49. The summed E-state index contributed by atoms with van der Waals surface area (Å²) in [5.41, 5.74) is 0.566. The Morgan fingerprint density at radius 3 is 3.06 bits per heavy atom. The van der Waals surface area contributed by atoms with E-state index >= 15 is 0 Å². The van der Waals surface area contributed by atoms with E-state index in [1.807, 2.05) is 16.5 Å². The number of hydrogen-bond acceptors (Lipinski definition) is 5. The molecule has 0 bridgehead atoms. The normalized spacial score (nSPS) is 11.0. The van der Waals surface area contributed by atoms with Crippen molar-refractivity contribution in [1.82, 2.24) is 9.38 Å². The molecule has 0 saturated heterocycles. The molecule has 98 valence electrons. The highest BCUT2D eigenvalue weighted by molar-refractivity contribution is 7.15. The van der Waals surface area contributed by atoms with E-state index in [4.69, 9.17) is 5.11 Å². The van der Waals surface area contributed by atoms with Gasteiger partial charge in [-0.15, -0.1) is 11.3 Å². The van der Waals surface area contributed by atoms with Crippen LogP contribution in [0.2, 0.25) is 0 Å². The zero-order chi connectivity index (χ0) is 13.0. The lowest BCUT2D eigenvalue weighted by Gasteiger charge is -2.21. The maximum atomic E-state index is 11.2. The molecular weight excluding hydrogens is 250 g/mol. The molecule has 6 heteroatoms. The third-order valence-corrected chi connectivity index (χ3v) is 3.60. The quantitative estimate of drug-likeness (QED) is 0.777. The van der Waals surface area contributed by atoms with Gasteiger partial charge in [-0.05, 0) is 6.42 Å². The highest BCUT2D eigenvalue weighted by atomic mass is 32.1. The van der Waals surface area contributed by atoms with E-state index in [0.29, 0.717) is 18.1 Å². The van der Waals surface area contributed by atoms with Crippen LogP contribution in [0, 0.1) is 0 Å². The Bertz CT molecular complexity index is 520. The lowest BCUT2D eigenvalue weighted by Crippen LogP contribution is -2.29. The minimum atomic E-state index is 0.0627. The van der Waals surface area contributed by atoms with E-state index in [1.165, 1.54) is 11.3 Å². The molecule has 0 saturated carbocycles. The Morgan fingerprint density at radius 2 is 2.39 bits per heavy atom. The fraction of sp³-hybridized carbons (Fsp3) is 0.500. The molecule has 2 aromatic rings. The summed E-state index contributed by atoms with van der Waals surface area (Å²) in [5, 5.41) is 11.0. The Kier molecular flexibility index (Phi) is 4.33. The minimum absolute atomic E-state index is 0.0627. The Labute approximate surface area is 110 Å². The molecule has 0 aliphatic heterocycles. The second-order valence-corrected chi connectivity index (χ2v) is 4.93. The summed E-state index contributed by atoms with van der Waals surface area (Å²) in [7, 11) is 0. The number of unbranched alkanes of at least 4 members (excludes halogenated alkanes) is 1. The Morgan fingerprint density at radius 1 is 1.56 bits per heavy atom. The first-order valence-corrected chi connectivity index (χ1v) is 6.96. The molecule has 5 nitrogen and oxygen atoms in total. The second-order valence-electron chi connectivity index (χ2n) is 4.06. The molecule has 0 aromatic carbocycles. The van der Waals surface area contributed by atoms with Crippen LogP contribution in [0.15, 0.2) is 11.6 Å². The number of carbonyl (C=O) groups is 1. The summed E-state index contributed by atoms with van der Waals surface area (Å²) in [6.07, 6.45) is 4.76. The van der Waals surface area contributed by atoms with Crippen LogP contribution in [0.1, 0.15) is 30.3 Å². The van der Waals surface area contributed by atoms with Gasteiger partial charge in [-0.2, -0.15) is 0 Å². The monoisotopic (exact) mass is 267 g/mol. The summed E-state index contributed by atoms with van der Waals surface area (Å²) in [4.78, 5) is 18.5. The van der Waals surface area contributed by atoms with Crippen LogP contribution in [0.4, 0.5) is 5.82 Å². The van der Waals surface area contributed by atoms with Crippen molar-refractivity contribution in [1.29, 1.82) is 0 Å². The predicted octanol–water partition coefficient (Wildman–Crippen LogP) is 1.81. The highest BCUT2D eigenvalue weighted by Crippen LogP contribution is 2.23. The number of fused-ring (bicyclic) bond motifs is 1. The van der Waals surface area contributed by atoms with Gasteiger partial charge >= 0.3 is 0 Å². The van der Waals surface area contributed by atoms with Crippen molar-refractivity contribution in [3.63, 3.8) is 0 Å². The van der Waals surface area contributed by atoms with Crippen LogP contribution in [-0.2, 0) is 0 Å². The van der Waals surface area contributed by atoms with E-state index in [2.05, 4.69) is 11.9 Å². The topological polar surface area (TPSA) is 57.8 Å². The summed E-state index contributed by atoms with van der Waals surface area (Å²) in [6, 6.07) is 0. The van der Waals surface area contributed by atoms with Crippen molar-refractivity contribution < 1.29 is 9.90 Å². The van der Waals surface area contributed by atoms with Crippen LogP contribution in [0.5, 0.6) is 0 Å². The van der Waals surface area contributed by atoms with Crippen LogP contribution in [0.25, 0.3) is 4.96 Å². The number of aldehydes is 1. The smallest absolute Gasteiger partial charge is 0.196 e. The maximum absolute atomic E-state index is 11.2. The van der Waals surface area contributed by atoms with Crippen molar-refractivity contribution in [2.45, 2.75) is 19.8 Å². The number of rotatable bonds is 7. The van der Waals surface area contributed by atoms with Crippen molar-refractivity contribution in [2.24, 2.45) is 0 Å². The number of aromatic nitrogens is 2. The molecular formula is C12H17N3O2S. The number of aliphatic hydroxyl groups is 1. The third-order valence-electron chi connectivity index (χ3n) is 2.84. The summed E-state index contributed by atoms with van der Waals surface area (Å²) < 4.78 is 1.79. The molecule has 0 spiro atoms. The maximum Gasteiger partial charge on any atom is 0.196 e. The molecule has 0 unspecified atom stereocenters. The average Bonchev–Trinajstić information content (AvgIpc) is 2.94. The van der Waals surface area contributed by atoms with Gasteiger partial charge in [0.05, 0.1) is 6.61 Å². The number of aliphatic hydroxyl groups excluding tert-OH is 1. The van der Waals surface area contributed by atoms with Crippen LogP contribution < -0.4 is 4.90 Å². The molecule has 0 fully saturated rings. The first-order valence-electron chi connectivity index (χ1n) is 6.08. The lowest BCUT2D eigenvalue weighted by molar-refractivity contribution is 0.111. The van der Waals surface area contributed by atoms with Gasteiger partial charge in [0.1, 0.15) is 5.69 Å². The zero-order valence-electron chi connectivity index (χ0n) is 10.4. The van der Waals surface area contributed by atoms with Crippen LogP contribution in [0.3, 0.4) is 0 Å². The van der Waals surface area contributed by atoms with Crippen LogP contribution >= 0.6 is 11.3 Å². The molecule has 18 heavy (non-hydrogen) atoms. The number of imidazole rings is 1. The summed E-state index contributed by atoms with van der Waals surface area (Å²) in [5.74, 6) is 0.680. The largest absolute Gasteiger partial charge is 0.395 e. The van der Waals surface area contributed by atoms with E-state index in [9.17, 15) is 4.79 Å².